The number of unbranched alkanes of at least 4 members (excludes halogenated alkanes) is 33. The van der Waals surface area contributed by atoms with E-state index in [9.17, 15) is 19.8 Å². The Morgan fingerprint density at radius 2 is 0.833 bits per heavy atom. The molecular weight excluding hydrogens is 743 g/mol. The van der Waals surface area contributed by atoms with E-state index in [1.54, 1.807) is 0 Å². The van der Waals surface area contributed by atoms with Gasteiger partial charge in [0, 0.05) is 6.42 Å². The molecule has 3 unspecified atom stereocenters. The Morgan fingerprint density at radius 3 is 1.23 bits per heavy atom. The van der Waals surface area contributed by atoms with Gasteiger partial charge < -0.3 is 20.3 Å². The van der Waals surface area contributed by atoms with Crippen LogP contribution in [0.3, 0.4) is 0 Å². The van der Waals surface area contributed by atoms with Crippen LogP contribution < -0.4 is 5.32 Å². The van der Waals surface area contributed by atoms with Crippen LogP contribution in [0.5, 0.6) is 0 Å². The standard InChI is InChI=1S/C54H103NO5/c1-4-7-10-13-16-19-21-23-25-27-29-31-34-36-39-42-45-50(48-53(58)55-51(49-56)52(57)46-43-40-37-33-18-15-12-9-6-3)60-54(59)47-44-41-38-35-32-30-28-26-24-22-20-17-14-11-8-5-2/h26,28,30,32,50-52,56-57H,4-25,27,29,31,33-49H2,1-3H3,(H,55,58)/b28-26+,32-30+. The van der Waals surface area contributed by atoms with Gasteiger partial charge in [-0.1, -0.05) is 244 Å². The maximum Gasteiger partial charge on any atom is 0.306 e. The molecule has 0 rings (SSSR count). The van der Waals surface area contributed by atoms with E-state index in [4.69, 9.17) is 4.74 Å². The first-order valence-corrected chi connectivity index (χ1v) is 26.6. The number of carbonyl (C=O) groups excluding carboxylic acids is 2. The number of allylic oxidation sites excluding steroid dienone is 4. The van der Waals surface area contributed by atoms with Crippen LogP contribution >= 0.6 is 0 Å². The Labute approximate surface area is 373 Å². The third-order valence-corrected chi connectivity index (χ3v) is 12.3. The van der Waals surface area contributed by atoms with Crippen molar-refractivity contribution in [2.75, 3.05) is 6.61 Å². The minimum absolute atomic E-state index is 0.0724. The van der Waals surface area contributed by atoms with Crippen molar-refractivity contribution in [1.82, 2.24) is 5.32 Å². The molecule has 3 N–H and O–H groups in total. The molecule has 0 aromatic heterocycles. The van der Waals surface area contributed by atoms with Gasteiger partial charge >= 0.3 is 5.97 Å². The van der Waals surface area contributed by atoms with Crippen LogP contribution in [-0.2, 0) is 14.3 Å². The summed E-state index contributed by atoms with van der Waals surface area (Å²) in [7, 11) is 0. The van der Waals surface area contributed by atoms with Gasteiger partial charge in [-0.05, 0) is 51.4 Å². The molecule has 0 bridgehead atoms. The summed E-state index contributed by atoms with van der Waals surface area (Å²) in [5.41, 5.74) is 0. The fourth-order valence-electron chi connectivity index (χ4n) is 8.25. The van der Waals surface area contributed by atoms with Crippen molar-refractivity contribution >= 4 is 11.9 Å². The summed E-state index contributed by atoms with van der Waals surface area (Å²) in [6, 6.07) is -0.701. The van der Waals surface area contributed by atoms with E-state index in [0.29, 0.717) is 19.3 Å². The molecule has 6 heteroatoms. The minimum Gasteiger partial charge on any atom is -0.462 e. The van der Waals surface area contributed by atoms with E-state index in [-0.39, 0.29) is 24.9 Å². The highest BCUT2D eigenvalue weighted by atomic mass is 16.5. The van der Waals surface area contributed by atoms with Crippen LogP contribution in [0.1, 0.15) is 284 Å². The second-order valence-corrected chi connectivity index (χ2v) is 18.3. The average molecular weight is 846 g/mol. The zero-order valence-electron chi connectivity index (χ0n) is 40.4. The summed E-state index contributed by atoms with van der Waals surface area (Å²) < 4.78 is 5.93. The van der Waals surface area contributed by atoms with E-state index in [0.717, 1.165) is 64.2 Å². The van der Waals surface area contributed by atoms with E-state index >= 15 is 0 Å². The Kier molecular flexibility index (Phi) is 47.0. The zero-order valence-corrected chi connectivity index (χ0v) is 40.4. The van der Waals surface area contributed by atoms with Crippen molar-refractivity contribution in [2.45, 2.75) is 302 Å². The Bertz CT molecular complexity index is 950. The van der Waals surface area contributed by atoms with Crippen LogP contribution in [0, 0.1) is 0 Å². The van der Waals surface area contributed by atoms with Gasteiger partial charge in [0.25, 0.3) is 0 Å². The molecule has 0 spiro atoms. The van der Waals surface area contributed by atoms with Crippen LogP contribution in [0.2, 0.25) is 0 Å². The van der Waals surface area contributed by atoms with Crippen molar-refractivity contribution in [2.24, 2.45) is 0 Å². The summed E-state index contributed by atoms with van der Waals surface area (Å²) in [5.74, 6) is -0.491. The van der Waals surface area contributed by atoms with Crippen LogP contribution in [-0.4, -0.2) is 46.9 Å². The van der Waals surface area contributed by atoms with Crippen molar-refractivity contribution in [1.29, 1.82) is 0 Å². The SMILES string of the molecule is CCCCCCCCC/C=C/C=C/CCCCCC(=O)OC(CCCCCCCCCCCCCCCCCC)CC(=O)NC(CO)C(O)CCCCCCCCCCC. The molecule has 1 amide bonds. The molecule has 0 aliphatic rings. The molecule has 0 aromatic carbocycles. The largest absolute Gasteiger partial charge is 0.462 e. The van der Waals surface area contributed by atoms with Crippen molar-refractivity contribution < 1.29 is 24.5 Å². The molecule has 0 aromatic rings. The quantitative estimate of drug-likeness (QED) is 0.0322. The summed E-state index contributed by atoms with van der Waals surface area (Å²) in [6.45, 7) is 6.48. The molecule has 0 saturated heterocycles. The number of amides is 1. The third-order valence-electron chi connectivity index (χ3n) is 12.3. The Balaban J connectivity index is 4.57. The predicted octanol–water partition coefficient (Wildman–Crippen LogP) is 15.9. The van der Waals surface area contributed by atoms with Gasteiger partial charge in [0.05, 0.1) is 25.2 Å². The molecule has 0 heterocycles. The lowest BCUT2D eigenvalue weighted by Crippen LogP contribution is -2.46. The van der Waals surface area contributed by atoms with Crippen LogP contribution in [0.25, 0.3) is 0 Å². The predicted molar refractivity (Wildman–Crippen MR) is 260 cm³/mol. The fraction of sp³-hybridized carbons (Fsp3) is 0.889. The Morgan fingerprint density at radius 1 is 0.483 bits per heavy atom. The number of rotatable bonds is 48. The van der Waals surface area contributed by atoms with E-state index in [1.807, 2.05) is 0 Å². The van der Waals surface area contributed by atoms with Gasteiger partial charge in [-0.15, -0.1) is 0 Å². The van der Waals surface area contributed by atoms with E-state index in [1.165, 1.54) is 173 Å². The van der Waals surface area contributed by atoms with Crippen LogP contribution in [0.15, 0.2) is 24.3 Å². The molecule has 0 radical (unpaired) electrons. The van der Waals surface area contributed by atoms with Crippen molar-refractivity contribution in [3.05, 3.63) is 24.3 Å². The van der Waals surface area contributed by atoms with Gasteiger partial charge in [-0.25, -0.2) is 0 Å². The summed E-state index contributed by atoms with van der Waals surface area (Å²) in [4.78, 5) is 26.1. The van der Waals surface area contributed by atoms with Crippen molar-refractivity contribution in [3.63, 3.8) is 0 Å². The number of hydrogen-bond donors (Lipinski definition) is 3. The number of carbonyl (C=O) groups is 2. The number of ether oxygens (including phenoxy) is 1. The first-order chi connectivity index (χ1) is 29.5. The molecule has 60 heavy (non-hydrogen) atoms. The summed E-state index contributed by atoms with van der Waals surface area (Å²) >= 11 is 0. The number of esters is 1. The summed E-state index contributed by atoms with van der Waals surface area (Å²) in [5, 5.41) is 23.7. The lowest BCUT2D eigenvalue weighted by Gasteiger charge is -2.24. The minimum atomic E-state index is -0.786. The second-order valence-electron chi connectivity index (χ2n) is 18.3. The maximum atomic E-state index is 13.2. The maximum absolute atomic E-state index is 13.2. The zero-order chi connectivity index (χ0) is 43.8. The lowest BCUT2D eigenvalue weighted by atomic mass is 10.0. The second kappa shape index (κ2) is 48.4. The normalized spacial score (nSPS) is 13.3. The monoisotopic (exact) mass is 846 g/mol. The molecule has 0 aliphatic carbocycles. The molecular formula is C54H103NO5. The molecule has 0 aliphatic heterocycles. The topological polar surface area (TPSA) is 95.9 Å². The van der Waals surface area contributed by atoms with Gasteiger partial charge in [0.15, 0.2) is 0 Å². The highest BCUT2D eigenvalue weighted by molar-refractivity contribution is 5.77. The number of nitrogens with one attached hydrogen (secondary N) is 1. The van der Waals surface area contributed by atoms with Gasteiger partial charge in [-0.2, -0.15) is 0 Å². The van der Waals surface area contributed by atoms with E-state index in [2.05, 4.69) is 50.4 Å². The van der Waals surface area contributed by atoms with Gasteiger partial charge in [-0.3, -0.25) is 9.59 Å². The van der Waals surface area contributed by atoms with E-state index < -0.39 is 18.2 Å². The van der Waals surface area contributed by atoms with Crippen molar-refractivity contribution in [3.8, 4) is 0 Å². The highest BCUT2D eigenvalue weighted by Gasteiger charge is 2.24. The fourth-order valence-corrected chi connectivity index (χ4v) is 8.25. The number of hydrogen-bond acceptors (Lipinski definition) is 5. The Hall–Kier alpha value is -1.66. The number of aliphatic hydroxyl groups excluding tert-OH is 2. The molecule has 354 valence electrons. The third kappa shape index (κ3) is 43.0. The highest BCUT2D eigenvalue weighted by Crippen LogP contribution is 2.18. The molecule has 3 atom stereocenters. The number of aliphatic hydroxyl groups is 2. The smallest absolute Gasteiger partial charge is 0.306 e. The summed E-state index contributed by atoms with van der Waals surface area (Å²) in [6.07, 6.45) is 55.3. The molecule has 6 nitrogen and oxygen atoms in total. The average Bonchev–Trinajstić information content (AvgIpc) is 3.24. The van der Waals surface area contributed by atoms with Gasteiger partial charge in [0.2, 0.25) is 5.91 Å². The molecule has 0 saturated carbocycles. The lowest BCUT2D eigenvalue weighted by molar-refractivity contribution is -0.151. The van der Waals surface area contributed by atoms with Crippen LogP contribution in [0.4, 0.5) is 0 Å². The van der Waals surface area contributed by atoms with Gasteiger partial charge in [0.1, 0.15) is 6.10 Å². The first kappa shape index (κ1) is 58.3. The molecule has 0 fully saturated rings. The first-order valence-electron chi connectivity index (χ1n) is 26.6.